The van der Waals surface area contributed by atoms with Gasteiger partial charge >= 0.3 is 0 Å². The average Bonchev–Trinajstić information content (AvgIpc) is 3.09. The fraction of sp³-hybridized carbons (Fsp3) is 0.529. The van der Waals surface area contributed by atoms with Gasteiger partial charge in [0.2, 0.25) is 11.8 Å². The van der Waals surface area contributed by atoms with Crippen LogP contribution in [-0.4, -0.2) is 57.3 Å². The number of benzene rings is 1. The molecule has 0 aliphatic carbocycles. The van der Waals surface area contributed by atoms with Crippen LogP contribution >= 0.6 is 0 Å². The number of hydrogen-bond donors (Lipinski definition) is 1. The topological polar surface area (TPSA) is 65.6 Å². The molecule has 1 N–H and O–H groups in total. The predicted octanol–water partition coefficient (Wildman–Crippen LogP) is 2.11. The van der Waals surface area contributed by atoms with Gasteiger partial charge in [0, 0.05) is 24.2 Å². The molecule has 2 atom stereocenters. The Balaban J connectivity index is 1.51. The molecule has 2 bridgehead atoms. The molecule has 2 saturated heterocycles. The monoisotopic (exact) mass is 314 g/mol. The van der Waals surface area contributed by atoms with Crippen molar-refractivity contribution in [2.24, 2.45) is 0 Å². The highest BCUT2D eigenvalue weighted by molar-refractivity contribution is 5.54. The fourth-order valence-corrected chi connectivity index (χ4v) is 3.83. The first-order valence-electron chi connectivity index (χ1n) is 8.25. The van der Waals surface area contributed by atoms with Crippen LogP contribution in [-0.2, 0) is 6.54 Å². The van der Waals surface area contributed by atoms with Gasteiger partial charge in [-0.1, -0.05) is 6.07 Å². The van der Waals surface area contributed by atoms with Crippen LogP contribution in [0.4, 0.5) is 0 Å². The maximum atomic E-state index is 9.57. The van der Waals surface area contributed by atoms with Gasteiger partial charge in [-0.05, 0) is 51.1 Å². The number of aromatic nitrogens is 2. The molecule has 2 aliphatic rings. The van der Waals surface area contributed by atoms with E-state index < -0.39 is 0 Å². The van der Waals surface area contributed by atoms with E-state index in [2.05, 4.69) is 27.0 Å². The quantitative estimate of drug-likeness (QED) is 0.936. The van der Waals surface area contributed by atoms with Crippen molar-refractivity contribution in [3.05, 3.63) is 30.2 Å². The Labute approximate surface area is 135 Å². The first kappa shape index (κ1) is 14.7. The molecule has 0 unspecified atom stereocenters. The van der Waals surface area contributed by atoms with Crippen molar-refractivity contribution in [1.29, 1.82) is 0 Å². The van der Waals surface area contributed by atoms with Crippen LogP contribution in [0.3, 0.4) is 0 Å². The molecule has 4 rings (SSSR count). The smallest absolute Gasteiger partial charge is 0.247 e. The molecule has 6 heteroatoms. The summed E-state index contributed by atoms with van der Waals surface area (Å²) in [5.41, 5.74) is 0.752. The lowest BCUT2D eigenvalue weighted by molar-refractivity contribution is 0.167. The van der Waals surface area contributed by atoms with Gasteiger partial charge in [-0.15, -0.1) is 10.2 Å². The summed E-state index contributed by atoms with van der Waals surface area (Å²) in [6.45, 7) is 3.00. The number of phenols is 1. The van der Waals surface area contributed by atoms with Gasteiger partial charge in [0.25, 0.3) is 0 Å². The molecular formula is C17H22N4O2. The minimum atomic E-state index is 0.204. The van der Waals surface area contributed by atoms with E-state index >= 15 is 0 Å². The van der Waals surface area contributed by atoms with Crippen LogP contribution in [0.2, 0.25) is 0 Å². The summed E-state index contributed by atoms with van der Waals surface area (Å²) in [6.07, 6.45) is 3.73. The highest BCUT2D eigenvalue weighted by Crippen LogP contribution is 2.31. The second kappa shape index (κ2) is 5.94. The largest absolute Gasteiger partial charge is 0.508 e. The average molecular weight is 314 g/mol. The minimum absolute atomic E-state index is 0.204. The fourth-order valence-electron chi connectivity index (χ4n) is 3.83. The van der Waals surface area contributed by atoms with E-state index in [4.69, 9.17) is 4.42 Å². The van der Waals surface area contributed by atoms with Crippen molar-refractivity contribution in [3.8, 4) is 17.2 Å². The van der Waals surface area contributed by atoms with Gasteiger partial charge < -0.3 is 14.4 Å². The van der Waals surface area contributed by atoms with Crippen molar-refractivity contribution in [2.45, 2.75) is 37.9 Å². The SMILES string of the molecule is CN1CC[C@@H]2CC[C@H](C1)N2Cc1nnc(-c2cccc(O)c2)o1. The molecule has 0 radical (unpaired) electrons. The molecule has 2 aromatic rings. The van der Waals surface area contributed by atoms with Gasteiger partial charge in [-0.3, -0.25) is 4.90 Å². The summed E-state index contributed by atoms with van der Waals surface area (Å²) < 4.78 is 5.83. The molecule has 0 amide bonds. The van der Waals surface area contributed by atoms with Crippen molar-refractivity contribution in [1.82, 2.24) is 20.0 Å². The molecule has 6 nitrogen and oxygen atoms in total. The van der Waals surface area contributed by atoms with E-state index in [9.17, 15) is 5.11 Å². The van der Waals surface area contributed by atoms with Crippen molar-refractivity contribution in [3.63, 3.8) is 0 Å². The standard InChI is InChI=1S/C17H22N4O2/c1-20-8-7-13-5-6-14(10-20)21(13)11-16-18-19-17(23-16)12-3-2-4-15(22)9-12/h2-4,9,13-14,22H,5-8,10-11H2,1H3/t13-,14+/m0/s1. The Morgan fingerprint density at radius 2 is 2.09 bits per heavy atom. The highest BCUT2D eigenvalue weighted by atomic mass is 16.4. The highest BCUT2D eigenvalue weighted by Gasteiger charge is 2.37. The number of rotatable bonds is 3. The lowest BCUT2D eigenvalue weighted by Gasteiger charge is -2.26. The van der Waals surface area contributed by atoms with Crippen LogP contribution in [0.15, 0.2) is 28.7 Å². The van der Waals surface area contributed by atoms with Crippen molar-refractivity contribution < 1.29 is 9.52 Å². The van der Waals surface area contributed by atoms with Crippen molar-refractivity contribution >= 4 is 0 Å². The molecule has 3 heterocycles. The summed E-state index contributed by atoms with van der Waals surface area (Å²) >= 11 is 0. The maximum absolute atomic E-state index is 9.57. The third-order valence-corrected chi connectivity index (χ3v) is 5.02. The van der Waals surface area contributed by atoms with Gasteiger partial charge in [0.05, 0.1) is 6.54 Å². The second-order valence-electron chi connectivity index (χ2n) is 6.66. The maximum Gasteiger partial charge on any atom is 0.247 e. The lowest BCUT2D eigenvalue weighted by atomic mass is 10.1. The predicted molar refractivity (Wildman–Crippen MR) is 85.9 cm³/mol. The lowest BCUT2D eigenvalue weighted by Crippen LogP contribution is -2.37. The van der Waals surface area contributed by atoms with E-state index in [-0.39, 0.29) is 5.75 Å². The molecule has 1 aromatic heterocycles. The van der Waals surface area contributed by atoms with Crippen LogP contribution in [0.1, 0.15) is 25.2 Å². The minimum Gasteiger partial charge on any atom is -0.508 e. The van der Waals surface area contributed by atoms with E-state index in [1.807, 2.05) is 6.07 Å². The summed E-state index contributed by atoms with van der Waals surface area (Å²) in [4.78, 5) is 4.95. The number of nitrogens with zero attached hydrogens (tertiary/aromatic N) is 4. The van der Waals surface area contributed by atoms with Crippen LogP contribution in [0.25, 0.3) is 11.5 Å². The van der Waals surface area contributed by atoms with Crippen molar-refractivity contribution in [2.75, 3.05) is 20.1 Å². The molecule has 1 aromatic carbocycles. The van der Waals surface area contributed by atoms with E-state index in [0.29, 0.717) is 23.9 Å². The number of hydrogen-bond acceptors (Lipinski definition) is 6. The molecule has 122 valence electrons. The van der Waals surface area contributed by atoms with Crippen LogP contribution < -0.4 is 0 Å². The van der Waals surface area contributed by atoms with E-state index in [1.54, 1.807) is 18.2 Å². The summed E-state index contributed by atoms with van der Waals surface area (Å²) in [5, 5.41) is 17.9. The molecule has 2 aliphatic heterocycles. The number of likely N-dealkylation sites (tertiary alicyclic amines) is 1. The number of phenolic OH excluding ortho intramolecular Hbond substituents is 1. The summed E-state index contributed by atoms with van der Waals surface area (Å²) in [5.74, 6) is 1.33. The Hall–Kier alpha value is -1.92. The summed E-state index contributed by atoms with van der Waals surface area (Å²) in [6, 6.07) is 8.12. The van der Waals surface area contributed by atoms with Crippen LogP contribution in [0.5, 0.6) is 5.75 Å². The number of fused-ring (bicyclic) bond motifs is 2. The molecule has 0 spiro atoms. The first-order valence-corrected chi connectivity index (χ1v) is 8.25. The first-order chi connectivity index (χ1) is 11.2. The Bertz CT molecular complexity index is 687. The Morgan fingerprint density at radius 1 is 1.22 bits per heavy atom. The normalized spacial score (nSPS) is 25.6. The summed E-state index contributed by atoms with van der Waals surface area (Å²) in [7, 11) is 2.20. The van der Waals surface area contributed by atoms with Gasteiger partial charge in [-0.25, -0.2) is 0 Å². The Kier molecular flexibility index (Phi) is 3.79. The third kappa shape index (κ3) is 2.96. The molecular weight excluding hydrogens is 292 g/mol. The van der Waals surface area contributed by atoms with Gasteiger partial charge in [-0.2, -0.15) is 0 Å². The van der Waals surface area contributed by atoms with Gasteiger partial charge in [0.15, 0.2) is 0 Å². The zero-order chi connectivity index (χ0) is 15.8. The molecule has 2 fully saturated rings. The van der Waals surface area contributed by atoms with Gasteiger partial charge in [0.1, 0.15) is 5.75 Å². The molecule has 23 heavy (non-hydrogen) atoms. The van der Waals surface area contributed by atoms with Crippen LogP contribution in [0, 0.1) is 0 Å². The number of aromatic hydroxyl groups is 1. The van der Waals surface area contributed by atoms with E-state index in [1.165, 1.54) is 19.3 Å². The Morgan fingerprint density at radius 3 is 2.96 bits per heavy atom. The zero-order valence-electron chi connectivity index (χ0n) is 13.4. The molecule has 0 saturated carbocycles. The second-order valence-corrected chi connectivity index (χ2v) is 6.66. The third-order valence-electron chi connectivity index (χ3n) is 5.02. The zero-order valence-corrected chi connectivity index (χ0v) is 13.4. The van der Waals surface area contributed by atoms with E-state index in [0.717, 1.165) is 25.2 Å². The number of likely N-dealkylation sites (N-methyl/N-ethyl adjacent to an activating group) is 1.